The van der Waals surface area contributed by atoms with Crippen molar-refractivity contribution in [3.05, 3.63) is 70.5 Å². The number of ether oxygens (including phenoxy) is 2. The van der Waals surface area contributed by atoms with Gasteiger partial charge in [-0.1, -0.05) is 28.7 Å². The molecule has 2 aliphatic rings. The van der Waals surface area contributed by atoms with Gasteiger partial charge in [-0.15, -0.1) is 0 Å². The number of rotatable bonds is 2. The second-order valence-electron chi connectivity index (χ2n) is 7.41. The average Bonchev–Trinajstić information content (AvgIpc) is 3.10. The van der Waals surface area contributed by atoms with Gasteiger partial charge in [-0.05, 0) is 88.0 Å². The van der Waals surface area contributed by atoms with Gasteiger partial charge in [0.15, 0.2) is 17.1 Å². The highest BCUT2D eigenvalue weighted by molar-refractivity contribution is 14.1. The molecule has 0 aliphatic carbocycles. The number of amides is 1. The molecule has 0 saturated carbocycles. The van der Waals surface area contributed by atoms with E-state index in [2.05, 4.69) is 69.0 Å². The zero-order valence-corrected chi connectivity index (χ0v) is 25.0. The summed E-state index contributed by atoms with van der Waals surface area (Å²) in [6.07, 6.45) is 0. The lowest BCUT2D eigenvalue weighted by molar-refractivity contribution is -0.113. The van der Waals surface area contributed by atoms with Crippen LogP contribution in [0.5, 0.6) is 23.0 Å². The van der Waals surface area contributed by atoms with E-state index in [0.717, 1.165) is 0 Å². The van der Waals surface area contributed by atoms with Crippen molar-refractivity contribution < 1.29 is 29.3 Å². The number of hydrogen-bond donors (Lipinski definition) is 3. The lowest BCUT2D eigenvalue weighted by Crippen LogP contribution is -2.33. The van der Waals surface area contributed by atoms with Crippen molar-refractivity contribution >= 4 is 104 Å². The highest BCUT2D eigenvalue weighted by atomic mass is 127. The van der Waals surface area contributed by atoms with E-state index in [4.69, 9.17) is 9.47 Å². The molecule has 0 fully saturated rings. The molecule has 3 N–H and O–H groups in total. The smallest absolute Gasteiger partial charge is 0.340 e. The third-order valence-corrected chi connectivity index (χ3v) is 8.90. The molecule has 0 aromatic heterocycles. The minimum Gasteiger partial charge on any atom is -0.505 e. The fourth-order valence-corrected chi connectivity index (χ4v) is 6.69. The van der Waals surface area contributed by atoms with Crippen LogP contribution in [0, 0.1) is 0 Å². The van der Waals surface area contributed by atoms with Crippen molar-refractivity contribution in [1.82, 2.24) is 0 Å². The Morgan fingerprint density at radius 1 is 0.941 bits per heavy atom. The first-order valence-corrected chi connectivity index (χ1v) is 14.1. The number of fused-ring (bicyclic) bond motifs is 6. The molecule has 0 radical (unpaired) electrons. The molecule has 3 aromatic carbocycles. The molecule has 0 saturated heterocycles. The molecule has 1 amide bonds. The van der Waals surface area contributed by atoms with Crippen LogP contribution >= 0.6 is 86.3 Å². The Morgan fingerprint density at radius 2 is 1.50 bits per heavy atom. The first-order chi connectivity index (χ1) is 16.1. The molecule has 2 aliphatic heterocycles. The number of phenolic OH excluding ortho intramolecular Hbond substituents is 2. The number of aromatic hydroxyl groups is 2. The Morgan fingerprint density at radius 3 is 2.03 bits per heavy atom. The predicted octanol–water partition coefficient (Wildman–Crippen LogP) is 7.09. The van der Waals surface area contributed by atoms with Crippen molar-refractivity contribution in [3.63, 3.8) is 0 Å². The maximum absolute atomic E-state index is 13.2. The van der Waals surface area contributed by atoms with Crippen LogP contribution < -0.4 is 10.1 Å². The van der Waals surface area contributed by atoms with Crippen LogP contribution in [0.2, 0.25) is 0 Å². The van der Waals surface area contributed by atoms with E-state index in [1.165, 1.54) is 0 Å². The van der Waals surface area contributed by atoms with Crippen LogP contribution in [-0.2, 0) is 15.1 Å². The number of nitrogens with one attached hydrogen (secondary N) is 1. The molecule has 1 spiro atoms. The zero-order chi connectivity index (χ0) is 24.5. The monoisotopic (exact) mass is 827 g/mol. The van der Waals surface area contributed by atoms with Crippen LogP contribution in [0.15, 0.2) is 48.2 Å². The molecule has 7 nitrogen and oxygen atoms in total. The minimum atomic E-state index is -1.46. The van der Waals surface area contributed by atoms with E-state index in [1.54, 1.807) is 30.3 Å². The lowest BCUT2D eigenvalue weighted by Gasteiger charge is -2.37. The summed E-state index contributed by atoms with van der Waals surface area (Å²) in [4.78, 5) is 25.1. The topological polar surface area (TPSA) is 105 Å². The average molecular weight is 831 g/mol. The molecule has 34 heavy (non-hydrogen) atoms. The lowest BCUT2D eigenvalue weighted by atomic mass is 9.77. The van der Waals surface area contributed by atoms with Gasteiger partial charge in [0.25, 0.3) is 0 Å². The Bertz CT molecular complexity index is 1380. The molecular weight excluding hydrogens is 821 g/mol. The molecule has 0 bridgehead atoms. The maximum Gasteiger partial charge on any atom is 0.340 e. The molecule has 3 aromatic rings. The highest BCUT2D eigenvalue weighted by Crippen LogP contribution is 2.62. The van der Waals surface area contributed by atoms with E-state index < -0.39 is 11.6 Å². The van der Waals surface area contributed by atoms with Gasteiger partial charge >= 0.3 is 5.97 Å². The van der Waals surface area contributed by atoms with Gasteiger partial charge < -0.3 is 25.0 Å². The minimum absolute atomic E-state index is 0.101. The third kappa shape index (κ3) is 3.43. The van der Waals surface area contributed by atoms with Crippen LogP contribution in [0.1, 0.15) is 27.0 Å². The summed E-state index contributed by atoms with van der Waals surface area (Å²) in [5.41, 5.74) is 0.700. The van der Waals surface area contributed by atoms with Gasteiger partial charge in [0, 0.05) is 11.3 Å². The van der Waals surface area contributed by atoms with Gasteiger partial charge in [-0.25, -0.2) is 4.79 Å². The summed E-state index contributed by atoms with van der Waals surface area (Å²) in [5, 5.41) is 23.8. The number of hydrogen-bond acceptors (Lipinski definition) is 6. The number of halogens is 5. The van der Waals surface area contributed by atoms with Gasteiger partial charge in [-0.3, -0.25) is 4.79 Å². The van der Waals surface area contributed by atoms with E-state index >= 15 is 0 Å². The number of carbonyl (C=O) groups is 2. The summed E-state index contributed by atoms with van der Waals surface area (Å²) in [6, 6.07) is 8.23. The molecular formula is C22H10Br4INO6. The van der Waals surface area contributed by atoms with E-state index in [9.17, 15) is 19.8 Å². The highest BCUT2D eigenvalue weighted by Gasteiger charge is 2.55. The summed E-state index contributed by atoms with van der Waals surface area (Å²) >= 11 is 15.4. The number of esters is 1. The number of anilines is 1. The molecule has 174 valence electrons. The van der Waals surface area contributed by atoms with Crippen LogP contribution in [-0.4, -0.2) is 26.5 Å². The zero-order valence-electron chi connectivity index (χ0n) is 16.5. The van der Waals surface area contributed by atoms with Crippen molar-refractivity contribution in [3.8, 4) is 23.0 Å². The Hall–Kier alpha value is -1.35. The van der Waals surface area contributed by atoms with Crippen molar-refractivity contribution in [1.29, 1.82) is 0 Å². The number of carbonyl (C=O) groups excluding carboxylic acids is 2. The van der Waals surface area contributed by atoms with Crippen LogP contribution in [0.25, 0.3) is 0 Å². The first kappa shape index (κ1) is 24.3. The molecule has 0 atom stereocenters. The quantitative estimate of drug-likeness (QED) is 0.145. The summed E-state index contributed by atoms with van der Waals surface area (Å²) in [6.45, 7) is 0. The Balaban J connectivity index is 1.86. The number of phenols is 2. The normalized spacial score (nSPS) is 14.7. The van der Waals surface area contributed by atoms with E-state index in [-0.39, 0.29) is 47.8 Å². The standard InChI is InChI=1S/C22H10Br4INO6/c23-12-4-10-19(15(25)17(12)30)33-20-11(5-13(24)18(31)16(20)26)22(10)9-2-1-7(28-14(29)6-27)3-8(9)21(32)34-22/h1-5,30-31H,6H2,(H,28,29). The van der Waals surface area contributed by atoms with Gasteiger partial charge in [-0.2, -0.15) is 0 Å². The second kappa shape index (κ2) is 8.64. The maximum atomic E-state index is 13.2. The predicted molar refractivity (Wildman–Crippen MR) is 146 cm³/mol. The van der Waals surface area contributed by atoms with Crippen LogP contribution in [0.4, 0.5) is 5.69 Å². The van der Waals surface area contributed by atoms with Gasteiger partial charge in [0.1, 0.15) is 20.4 Å². The largest absolute Gasteiger partial charge is 0.505 e. The van der Waals surface area contributed by atoms with Gasteiger partial charge in [0.2, 0.25) is 5.91 Å². The molecule has 5 rings (SSSR count). The summed E-state index contributed by atoms with van der Waals surface area (Å²) in [7, 11) is 0. The van der Waals surface area contributed by atoms with Gasteiger partial charge in [0.05, 0.1) is 30.1 Å². The molecule has 2 heterocycles. The van der Waals surface area contributed by atoms with Crippen molar-refractivity contribution in [2.45, 2.75) is 5.60 Å². The Kier molecular flexibility index (Phi) is 6.19. The summed E-state index contributed by atoms with van der Waals surface area (Å²) < 4.78 is 13.7. The van der Waals surface area contributed by atoms with E-state index in [0.29, 0.717) is 31.3 Å². The summed E-state index contributed by atoms with van der Waals surface area (Å²) in [5.74, 6) is -0.556. The molecule has 0 unspecified atom stereocenters. The second-order valence-corrected chi connectivity index (χ2v) is 11.5. The molecule has 12 heteroatoms. The van der Waals surface area contributed by atoms with Crippen LogP contribution in [0.3, 0.4) is 0 Å². The number of alkyl halides is 1. The third-order valence-electron chi connectivity index (χ3n) is 5.53. The SMILES string of the molecule is O=C(CI)Nc1ccc2c(c1)C(=O)OC21c2cc(Br)c(O)c(Br)c2Oc2c1cc(Br)c(O)c2Br. The Labute approximate surface area is 239 Å². The first-order valence-electron chi connectivity index (χ1n) is 9.44. The fraction of sp³-hybridized carbons (Fsp3) is 0.0909. The van der Waals surface area contributed by atoms with E-state index in [1.807, 2.05) is 22.6 Å². The van der Waals surface area contributed by atoms with Crippen molar-refractivity contribution in [2.24, 2.45) is 0 Å². The fourth-order valence-electron chi connectivity index (χ4n) is 4.09. The van der Waals surface area contributed by atoms with Crippen molar-refractivity contribution in [2.75, 3.05) is 9.74 Å². The number of benzene rings is 3.